The fourth-order valence-electron chi connectivity index (χ4n) is 6.34. The molecule has 39 heavy (non-hydrogen) atoms. The summed E-state index contributed by atoms with van der Waals surface area (Å²) in [6.45, 7) is 5.09. The van der Waals surface area contributed by atoms with Gasteiger partial charge in [-0.1, -0.05) is 167 Å². The Morgan fingerprint density at radius 3 is 1.56 bits per heavy atom. The zero-order valence-electron chi connectivity index (χ0n) is 27.0. The van der Waals surface area contributed by atoms with Crippen LogP contribution < -0.4 is 0 Å². The van der Waals surface area contributed by atoms with E-state index in [1.165, 1.54) is 173 Å². The minimum atomic E-state index is 0.0107. The molecular formula is C36H71NO2. The molecule has 0 aliphatic heterocycles. The first-order valence-electron chi connectivity index (χ1n) is 18.1. The lowest BCUT2D eigenvalue weighted by atomic mass is 9.99. The molecule has 0 radical (unpaired) electrons. The molecule has 0 bridgehead atoms. The fraction of sp³-hybridized carbons (Fsp3) is 0.972. The van der Waals surface area contributed by atoms with Crippen LogP contribution >= 0.6 is 0 Å². The largest absolute Gasteiger partial charge is 0.466 e. The van der Waals surface area contributed by atoms with E-state index in [-0.39, 0.29) is 5.97 Å². The van der Waals surface area contributed by atoms with Gasteiger partial charge in [0.1, 0.15) is 0 Å². The smallest absolute Gasteiger partial charge is 0.305 e. The van der Waals surface area contributed by atoms with Crippen LogP contribution in [-0.2, 0) is 9.53 Å². The van der Waals surface area contributed by atoms with Gasteiger partial charge >= 0.3 is 5.97 Å². The van der Waals surface area contributed by atoms with Crippen molar-refractivity contribution < 1.29 is 9.53 Å². The highest BCUT2D eigenvalue weighted by molar-refractivity contribution is 5.69. The first-order chi connectivity index (χ1) is 19.2. The van der Waals surface area contributed by atoms with Gasteiger partial charge in [-0.05, 0) is 38.8 Å². The lowest BCUT2D eigenvalue weighted by Crippen LogP contribution is -2.22. The van der Waals surface area contributed by atoms with Crippen LogP contribution in [0.15, 0.2) is 0 Å². The van der Waals surface area contributed by atoms with Crippen molar-refractivity contribution >= 4 is 5.97 Å². The minimum absolute atomic E-state index is 0.0107. The van der Waals surface area contributed by atoms with Crippen LogP contribution in [0.5, 0.6) is 0 Å². The Morgan fingerprint density at radius 1 is 0.590 bits per heavy atom. The molecule has 1 rings (SSSR count). The number of carbonyl (C=O) groups excluding carboxylic acids is 1. The maximum atomic E-state index is 12.0. The van der Waals surface area contributed by atoms with Crippen LogP contribution in [0.1, 0.15) is 193 Å². The average molecular weight is 550 g/mol. The van der Waals surface area contributed by atoms with E-state index in [0.29, 0.717) is 13.0 Å². The Morgan fingerprint density at radius 2 is 1.03 bits per heavy atom. The van der Waals surface area contributed by atoms with Crippen LogP contribution in [0.3, 0.4) is 0 Å². The maximum absolute atomic E-state index is 12.0. The van der Waals surface area contributed by atoms with E-state index in [9.17, 15) is 4.79 Å². The lowest BCUT2D eigenvalue weighted by Gasteiger charge is -2.16. The van der Waals surface area contributed by atoms with Gasteiger partial charge in [-0.15, -0.1) is 0 Å². The Balaban J connectivity index is 1.73. The molecule has 232 valence electrons. The van der Waals surface area contributed by atoms with Crippen molar-refractivity contribution in [3.63, 3.8) is 0 Å². The van der Waals surface area contributed by atoms with Crippen LogP contribution in [-0.4, -0.2) is 37.6 Å². The van der Waals surface area contributed by atoms with Crippen molar-refractivity contribution in [1.29, 1.82) is 0 Å². The van der Waals surface area contributed by atoms with E-state index in [1.807, 2.05) is 0 Å². The zero-order chi connectivity index (χ0) is 28.1. The molecule has 3 nitrogen and oxygen atoms in total. The lowest BCUT2D eigenvalue weighted by molar-refractivity contribution is -0.143. The summed E-state index contributed by atoms with van der Waals surface area (Å²) in [7, 11) is 2.21. The summed E-state index contributed by atoms with van der Waals surface area (Å²) in [6.07, 6.45) is 39.3. The fourth-order valence-corrected chi connectivity index (χ4v) is 6.34. The molecular weight excluding hydrogens is 478 g/mol. The summed E-state index contributed by atoms with van der Waals surface area (Å²) >= 11 is 0. The summed E-state index contributed by atoms with van der Waals surface area (Å²) in [5, 5.41) is 0. The zero-order valence-corrected chi connectivity index (χ0v) is 27.0. The molecule has 0 unspecified atom stereocenters. The number of nitrogens with zero attached hydrogens (tertiary/aromatic N) is 1. The number of hydrogen-bond donors (Lipinski definition) is 0. The Hall–Kier alpha value is -0.570. The maximum Gasteiger partial charge on any atom is 0.305 e. The number of rotatable bonds is 30. The first-order valence-corrected chi connectivity index (χ1v) is 18.1. The van der Waals surface area contributed by atoms with Crippen molar-refractivity contribution in [3.8, 4) is 0 Å². The molecule has 1 aliphatic rings. The predicted molar refractivity (Wildman–Crippen MR) is 172 cm³/mol. The third-order valence-electron chi connectivity index (χ3n) is 9.06. The second-order valence-electron chi connectivity index (χ2n) is 13.0. The van der Waals surface area contributed by atoms with Gasteiger partial charge in [0.2, 0.25) is 0 Å². The molecule has 0 amide bonds. The van der Waals surface area contributed by atoms with Crippen molar-refractivity contribution in [2.75, 3.05) is 26.7 Å². The van der Waals surface area contributed by atoms with Crippen LogP contribution in [0.25, 0.3) is 0 Å². The van der Waals surface area contributed by atoms with Crippen molar-refractivity contribution in [2.24, 2.45) is 5.92 Å². The molecule has 0 aromatic rings. The molecule has 0 heterocycles. The SMILES string of the molecule is CCCCCCCCCCCCCCCCN(C)CCCOC(=O)CCCCCCCCCCC1CCCC1. The molecule has 1 aliphatic carbocycles. The molecule has 0 aromatic heterocycles. The van der Waals surface area contributed by atoms with E-state index in [0.717, 1.165) is 25.3 Å². The summed E-state index contributed by atoms with van der Waals surface area (Å²) in [6, 6.07) is 0. The standard InChI is InChI=1S/C36H71NO2/c1-3-4-5-6-7-8-9-10-11-12-15-18-21-26-32-37(2)33-27-34-39-36(38)31-23-20-17-14-13-16-19-22-28-35-29-24-25-30-35/h35H,3-34H2,1-2H3. The minimum Gasteiger partial charge on any atom is -0.466 e. The molecule has 0 atom stereocenters. The Bertz CT molecular complexity index is 502. The highest BCUT2D eigenvalue weighted by atomic mass is 16.5. The van der Waals surface area contributed by atoms with E-state index in [1.54, 1.807) is 0 Å². The van der Waals surface area contributed by atoms with Gasteiger partial charge in [0.25, 0.3) is 0 Å². The van der Waals surface area contributed by atoms with Crippen molar-refractivity contribution in [3.05, 3.63) is 0 Å². The molecule has 0 saturated heterocycles. The highest BCUT2D eigenvalue weighted by Gasteiger charge is 2.13. The third kappa shape index (κ3) is 26.1. The van der Waals surface area contributed by atoms with Crippen LogP contribution in [0, 0.1) is 5.92 Å². The molecule has 1 saturated carbocycles. The number of hydrogen-bond acceptors (Lipinski definition) is 3. The molecule has 0 spiro atoms. The summed E-state index contributed by atoms with van der Waals surface area (Å²) in [4.78, 5) is 14.4. The van der Waals surface area contributed by atoms with E-state index >= 15 is 0 Å². The van der Waals surface area contributed by atoms with Gasteiger partial charge in [-0.3, -0.25) is 4.79 Å². The molecule has 1 fully saturated rings. The first kappa shape index (κ1) is 36.5. The Labute approximate surface area is 246 Å². The van der Waals surface area contributed by atoms with Gasteiger partial charge in [0.05, 0.1) is 6.61 Å². The predicted octanol–water partition coefficient (Wildman–Crippen LogP) is 11.4. The molecule has 3 heteroatoms. The van der Waals surface area contributed by atoms with Gasteiger partial charge in [0, 0.05) is 13.0 Å². The van der Waals surface area contributed by atoms with Gasteiger partial charge in [-0.2, -0.15) is 0 Å². The second kappa shape index (κ2) is 28.9. The highest BCUT2D eigenvalue weighted by Crippen LogP contribution is 2.29. The number of esters is 1. The van der Waals surface area contributed by atoms with E-state index in [4.69, 9.17) is 4.74 Å². The number of unbranched alkanes of at least 4 members (excludes halogenated alkanes) is 20. The Kier molecular flexibility index (Phi) is 27.1. The van der Waals surface area contributed by atoms with Crippen molar-refractivity contribution in [2.45, 2.75) is 193 Å². The van der Waals surface area contributed by atoms with E-state index < -0.39 is 0 Å². The van der Waals surface area contributed by atoms with E-state index in [2.05, 4.69) is 18.9 Å². The number of ether oxygens (including phenoxy) is 1. The number of carbonyl (C=O) groups is 1. The van der Waals surface area contributed by atoms with Gasteiger partial charge in [0.15, 0.2) is 0 Å². The van der Waals surface area contributed by atoms with Crippen molar-refractivity contribution in [1.82, 2.24) is 4.90 Å². The monoisotopic (exact) mass is 550 g/mol. The molecule has 0 N–H and O–H groups in total. The van der Waals surface area contributed by atoms with Crippen LogP contribution in [0.4, 0.5) is 0 Å². The average Bonchev–Trinajstić information content (AvgIpc) is 3.46. The molecule has 0 aromatic carbocycles. The summed E-state index contributed by atoms with van der Waals surface area (Å²) in [5.74, 6) is 1.07. The quantitative estimate of drug-likeness (QED) is 0.0659. The van der Waals surface area contributed by atoms with Gasteiger partial charge < -0.3 is 9.64 Å². The third-order valence-corrected chi connectivity index (χ3v) is 9.06. The summed E-state index contributed by atoms with van der Waals surface area (Å²) < 4.78 is 5.47. The normalized spacial score (nSPS) is 14.0. The van der Waals surface area contributed by atoms with Crippen LogP contribution in [0.2, 0.25) is 0 Å². The van der Waals surface area contributed by atoms with Gasteiger partial charge in [-0.25, -0.2) is 0 Å². The second-order valence-corrected chi connectivity index (χ2v) is 13.0. The summed E-state index contributed by atoms with van der Waals surface area (Å²) in [5.41, 5.74) is 0. The topological polar surface area (TPSA) is 29.5 Å².